The van der Waals surface area contributed by atoms with Crippen molar-refractivity contribution in [3.8, 4) is 0 Å². The van der Waals surface area contributed by atoms with Gasteiger partial charge in [-0.25, -0.2) is 0 Å². The zero-order valence-electron chi connectivity index (χ0n) is 11.3. The van der Waals surface area contributed by atoms with Gasteiger partial charge in [0.15, 0.2) is 6.29 Å². The standard InChI is InChI=1S/C13H13BrF3NO3/c1-8(7-21-2)18(12(20)13(15,16)17)11-5-10(14)4-3-9(11)6-19/h3-6,8H,7H2,1-2H3. The molecule has 0 aliphatic carbocycles. The lowest BCUT2D eigenvalue weighted by Gasteiger charge is -2.30. The van der Waals surface area contributed by atoms with E-state index < -0.39 is 18.1 Å². The predicted molar refractivity (Wildman–Crippen MR) is 74.4 cm³/mol. The number of hydrogen-bond donors (Lipinski definition) is 0. The topological polar surface area (TPSA) is 46.6 Å². The second kappa shape index (κ2) is 7.04. The number of carbonyl (C=O) groups excluding carboxylic acids is 2. The van der Waals surface area contributed by atoms with Crippen molar-refractivity contribution in [1.82, 2.24) is 0 Å². The van der Waals surface area contributed by atoms with Gasteiger partial charge in [0.1, 0.15) is 0 Å². The van der Waals surface area contributed by atoms with Crippen LogP contribution in [0.3, 0.4) is 0 Å². The van der Waals surface area contributed by atoms with Crippen LogP contribution in [0.1, 0.15) is 17.3 Å². The van der Waals surface area contributed by atoms with Gasteiger partial charge < -0.3 is 4.74 Å². The molecule has 0 bridgehead atoms. The van der Waals surface area contributed by atoms with E-state index in [4.69, 9.17) is 4.74 Å². The van der Waals surface area contributed by atoms with Gasteiger partial charge in [-0.15, -0.1) is 0 Å². The summed E-state index contributed by atoms with van der Waals surface area (Å²) >= 11 is 3.12. The molecule has 0 fully saturated rings. The van der Waals surface area contributed by atoms with Gasteiger partial charge in [0.05, 0.1) is 18.3 Å². The Morgan fingerprint density at radius 3 is 2.57 bits per heavy atom. The van der Waals surface area contributed by atoms with Gasteiger partial charge in [0.25, 0.3) is 0 Å². The molecule has 0 aliphatic heterocycles. The van der Waals surface area contributed by atoms with Crippen LogP contribution < -0.4 is 4.90 Å². The SMILES string of the molecule is COCC(C)N(C(=O)C(F)(F)F)c1cc(Br)ccc1C=O. The third-order valence-electron chi connectivity index (χ3n) is 2.69. The summed E-state index contributed by atoms with van der Waals surface area (Å²) in [5.41, 5.74) is -0.134. The summed E-state index contributed by atoms with van der Waals surface area (Å²) in [7, 11) is 1.31. The fraction of sp³-hybridized carbons (Fsp3) is 0.385. The predicted octanol–water partition coefficient (Wildman–Crippen LogP) is 3.19. The summed E-state index contributed by atoms with van der Waals surface area (Å²) in [5.74, 6) is -2.05. The maximum atomic E-state index is 12.8. The second-order valence-corrected chi connectivity index (χ2v) is 5.21. The molecular formula is C13H13BrF3NO3. The first kappa shape index (κ1) is 17.6. The van der Waals surface area contributed by atoms with E-state index in [1.54, 1.807) is 0 Å². The first-order valence-corrected chi connectivity index (χ1v) is 6.65. The fourth-order valence-electron chi connectivity index (χ4n) is 1.82. The summed E-state index contributed by atoms with van der Waals surface area (Å²) < 4.78 is 43.6. The van der Waals surface area contributed by atoms with Crippen LogP contribution in [-0.2, 0) is 9.53 Å². The number of anilines is 1. The van der Waals surface area contributed by atoms with E-state index in [2.05, 4.69) is 15.9 Å². The molecule has 1 aromatic carbocycles. The average molecular weight is 368 g/mol. The quantitative estimate of drug-likeness (QED) is 0.750. The molecular weight excluding hydrogens is 355 g/mol. The highest BCUT2D eigenvalue weighted by molar-refractivity contribution is 9.10. The Kier molecular flexibility index (Phi) is 5.91. The van der Waals surface area contributed by atoms with Crippen LogP contribution in [0.2, 0.25) is 0 Å². The van der Waals surface area contributed by atoms with E-state index in [9.17, 15) is 22.8 Å². The normalized spacial score (nSPS) is 12.9. The highest BCUT2D eigenvalue weighted by Crippen LogP contribution is 2.30. The minimum atomic E-state index is -5.05. The first-order chi connectivity index (χ1) is 9.72. The lowest BCUT2D eigenvalue weighted by molar-refractivity contribution is -0.171. The second-order valence-electron chi connectivity index (χ2n) is 4.30. The number of halogens is 4. The zero-order chi connectivity index (χ0) is 16.2. The highest BCUT2D eigenvalue weighted by Gasteiger charge is 2.45. The lowest BCUT2D eigenvalue weighted by atomic mass is 10.1. The van der Waals surface area contributed by atoms with Gasteiger partial charge in [-0.05, 0) is 25.1 Å². The molecule has 0 radical (unpaired) electrons. The van der Waals surface area contributed by atoms with Gasteiger partial charge in [-0.3, -0.25) is 14.5 Å². The van der Waals surface area contributed by atoms with Gasteiger partial charge in [0.2, 0.25) is 0 Å². The summed E-state index contributed by atoms with van der Waals surface area (Å²) in [4.78, 5) is 23.2. The molecule has 0 aromatic heterocycles. The van der Waals surface area contributed by atoms with Crippen molar-refractivity contribution in [2.45, 2.75) is 19.1 Å². The fourth-order valence-corrected chi connectivity index (χ4v) is 2.17. The van der Waals surface area contributed by atoms with Crippen molar-refractivity contribution in [2.75, 3.05) is 18.6 Å². The summed E-state index contributed by atoms with van der Waals surface area (Å²) in [5, 5.41) is 0. The maximum Gasteiger partial charge on any atom is 0.471 e. The Hall–Kier alpha value is -1.41. The van der Waals surface area contributed by atoms with Gasteiger partial charge in [-0.1, -0.05) is 15.9 Å². The van der Waals surface area contributed by atoms with Gasteiger partial charge in [0, 0.05) is 17.1 Å². The number of ether oxygens (including phenoxy) is 1. The van der Waals surface area contributed by atoms with Crippen LogP contribution in [0.15, 0.2) is 22.7 Å². The van der Waals surface area contributed by atoms with Crippen molar-refractivity contribution >= 4 is 33.8 Å². The van der Waals surface area contributed by atoms with Crippen LogP contribution >= 0.6 is 15.9 Å². The van der Waals surface area contributed by atoms with Gasteiger partial charge >= 0.3 is 12.1 Å². The van der Waals surface area contributed by atoms with Gasteiger partial charge in [-0.2, -0.15) is 13.2 Å². The molecule has 1 unspecified atom stereocenters. The van der Waals surface area contributed by atoms with Crippen molar-refractivity contribution in [3.63, 3.8) is 0 Å². The molecule has 1 atom stereocenters. The Balaban J connectivity index is 3.40. The molecule has 0 N–H and O–H groups in total. The molecule has 116 valence electrons. The molecule has 0 aliphatic rings. The number of nitrogens with zero attached hydrogens (tertiary/aromatic N) is 1. The maximum absolute atomic E-state index is 12.8. The van der Waals surface area contributed by atoms with Crippen molar-refractivity contribution in [3.05, 3.63) is 28.2 Å². The third kappa shape index (κ3) is 4.28. The van der Waals surface area contributed by atoms with Crippen LogP contribution in [-0.4, -0.2) is 38.1 Å². The summed E-state index contributed by atoms with van der Waals surface area (Å²) in [6.45, 7) is 1.30. The largest absolute Gasteiger partial charge is 0.471 e. The minimum Gasteiger partial charge on any atom is -0.383 e. The van der Waals surface area contributed by atoms with Crippen molar-refractivity contribution in [2.24, 2.45) is 0 Å². The van der Waals surface area contributed by atoms with E-state index in [1.165, 1.54) is 32.2 Å². The molecule has 1 rings (SSSR count). The van der Waals surface area contributed by atoms with Crippen LogP contribution in [0.5, 0.6) is 0 Å². The van der Waals surface area contributed by atoms with E-state index in [1.807, 2.05) is 0 Å². The van der Waals surface area contributed by atoms with Crippen molar-refractivity contribution in [1.29, 1.82) is 0 Å². The molecule has 21 heavy (non-hydrogen) atoms. The van der Waals surface area contributed by atoms with E-state index in [0.717, 1.165) is 0 Å². The Labute approximate surface area is 128 Å². The third-order valence-corrected chi connectivity index (χ3v) is 3.18. The van der Waals surface area contributed by atoms with Crippen LogP contribution in [0.4, 0.5) is 18.9 Å². The molecule has 0 spiro atoms. The molecule has 0 heterocycles. The number of benzene rings is 1. The Bertz CT molecular complexity index is 534. The average Bonchev–Trinajstić information content (AvgIpc) is 2.38. The molecule has 1 aromatic rings. The molecule has 8 heteroatoms. The Morgan fingerprint density at radius 2 is 2.10 bits per heavy atom. The smallest absolute Gasteiger partial charge is 0.383 e. The van der Waals surface area contributed by atoms with E-state index in [-0.39, 0.29) is 17.9 Å². The number of alkyl halides is 3. The molecule has 1 amide bonds. The zero-order valence-corrected chi connectivity index (χ0v) is 12.9. The van der Waals surface area contributed by atoms with Crippen molar-refractivity contribution < 1.29 is 27.5 Å². The van der Waals surface area contributed by atoms with E-state index in [0.29, 0.717) is 15.7 Å². The van der Waals surface area contributed by atoms with E-state index >= 15 is 0 Å². The number of carbonyl (C=O) groups is 2. The highest BCUT2D eigenvalue weighted by atomic mass is 79.9. The first-order valence-electron chi connectivity index (χ1n) is 5.86. The number of aldehydes is 1. The monoisotopic (exact) mass is 367 g/mol. The molecule has 4 nitrogen and oxygen atoms in total. The summed E-state index contributed by atoms with van der Waals surface area (Å²) in [6.07, 6.45) is -4.65. The number of rotatable bonds is 5. The number of hydrogen-bond acceptors (Lipinski definition) is 3. The number of methoxy groups -OCH3 is 1. The Morgan fingerprint density at radius 1 is 1.48 bits per heavy atom. The molecule has 0 saturated heterocycles. The molecule has 0 saturated carbocycles. The lowest BCUT2D eigenvalue weighted by Crippen LogP contribution is -2.48. The van der Waals surface area contributed by atoms with Crippen LogP contribution in [0.25, 0.3) is 0 Å². The van der Waals surface area contributed by atoms with Crippen LogP contribution in [0, 0.1) is 0 Å². The number of amides is 1. The summed E-state index contributed by atoms with van der Waals surface area (Å²) in [6, 6.07) is 3.24. The minimum absolute atomic E-state index is 0.0150.